The summed E-state index contributed by atoms with van der Waals surface area (Å²) in [7, 11) is 0. The van der Waals surface area contributed by atoms with Gasteiger partial charge in [0, 0.05) is 17.7 Å². The second-order valence-electron chi connectivity index (χ2n) is 4.61. The minimum Gasteiger partial charge on any atom is -0.481 e. The van der Waals surface area contributed by atoms with E-state index in [1.54, 1.807) is 19.1 Å². The van der Waals surface area contributed by atoms with E-state index in [1.807, 2.05) is 6.92 Å². The normalized spacial score (nSPS) is 12.4. The summed E-state index contributed by atoms with van der Waals surface area (Å²) in [5.74, 6) is -1.01. The van der Waals surface area contributed by atoms with E-state index in [1.165, 1.54) is 12.1 Å². The van der Waals surface area contributed by atoms with E-state index >= 15 is 0 Å². The Balaban J connectivity index is 2.26. The van der Waals surface area contributed by atoms with Crippen molar-refractivity contribution < 1.29 is 14.3 Å². The lowest BCUT2D eigenvalue weighted by molar-refractivity contribution is -0.141. The fourth-order valence-corrected chi connectivity index (χ4v) is 1.89. The Morgan fingerprint density at radius 3 is 2.63 bits per heavy atom. The SMILES string of the molecule is Cc1[nH]c(CC(C)C(=O)O)nc1-c1ccc(F)cc1. The van der Waals surface area contributed by atoms with Crippen LogP contribution in [0.2, 0.25) is 0 Å². The maximum atomic E-state index is 12.9. The number of hydrogen-bond donors (Lipinski definition) is 2. The van der Waals surface area contributed by atoms with E-state index < -0.39 is 11.9 Å². The molecule has 0 aliphatic rings. The largest absolute Gasteiger partial charge is 0.481 e. The van der Waals surface area contributed by atoms with Crippen LogP contribution in [0.3, 0.4) is 0 Å². The molecule has 0 bridgehead atoms. The molecule has 1 aromatic heterocycles. The van der Waals surface area contributed by atoms with Crippen LogP contribution in [0.25, 0.3) is 11.3 Å². The predicted molar refractivity (Wildman–Crippen MR) is 69.2 cm³/mol. The average Bonchev–Trinajstić information content (AvgIpc) is 2.71. The minimum absolute atomic E-state index is 0.295. The van der Waals surface area contributed by atoms with Gasteiger partial charge in [-0.15, -0.1) is 0 Å². The summed E-state index contributed by atoms with van der Waals surface area (Å²) >= 11 is 0. The molecule has 1 aromatic carbocycles. The van der Waals surface area contributed by atoms with Gasteiger partial charge in [-0.2, -0.15) is 0 Å². The molecule has 1 heterocycles. The number of aromatic amines is 1. The maximum absolute atomic E-state index is 12.9. The summed E-state index contributed by atoms with van der Waals surface area (Å²) in [4.78, 5) is 18.3. The molecule has 100 valence electrons. The molecule has 5 heteroatoms. The molecule has 0 fully saturated rings. The quantitative estimate of drug-likeness (QED) is 0.890. The number of nitrogens with zero attached hydrogens (tertiary/aromatic N) is 1. The molecule has 0 saturated carbocycles. The second-order valence-corrected chi connectivity index (χ2v) is 4.61. The number of hydrogen-bond acceptors (Lipinski definition) is 2. The number of aliphatic carboxylic acids is 1. The molecular weight excluding hydrogens is 247 g/mol. The molecule has 0 aliphatic heterocycles. The summed E-state index contributed by atoms with van der Waals surface area (Å²) in [6, 6.07) is 6.07. The number of benzene rings is 1. The van der Waals surface area contributed by atoms with Crippen molar-refractivity contribution in [2.75, 3.05) is 0 Å². The van der Waals surface area contributed by atoms with Crippen LogP contribution >= 0.6 is 0 Å². The van der Waals surface area contributed by atoms with Gasteiger partial charge in [0.15, 0.2) is 0 Å². The zero-order valence-corrected chi connectivity index (χ0v) is 10.8. The number of nitrogens with one attached hydrogen (secondary N) is 1. The number of aromatic nitrogens is 2. The zero-order chi connectivity index (χ0) is 14.0. The van der Waals surface area contributed by atoms with E-state index in [0.29, 0.717) is 12.2 Å². The number of carboxylic acid groups (broad SMARTS) is 1. The van der Waals surface area contributed by atoms with Gasteiger partial charge in [0.1, 0.15) is 11.6 Å². The fraction of sp³-hybridized carbons (Fsp3) is 0.286. The van der Waals surface area contributed by atoms with E-state index in [-0.39, 0.29) is 5.82 Å². The number of imidazole rings is 1. The van der Waals surface area contributed by atoms with Gasteiger partial charge in [0.25, 0.3) is 0 Å². The first-order valence-electron chi connectivity index (χ1n) is 6.01. The van der Waals surface area contributed by atoms with Crippen molar-refractivity contribution in [2.45, 2.75) is 20.3 Å². The number of aryl methyl sites for hydroxylation is 1. The third-order valence-corrected chi connectivity index (χ3v) is 2.97. The topological polar surface area (TPSA) is 66.0 Å². The van der Waals surface area contributed by atoms with Crippen molar-refractivity contribution in [1.82, 2.24) is 9.97 Å². The number of rotatable bonds is 4. The number of halogens is 1. The molecule has 2 rings (SSSR count). The lowest BCUT2D eigenvalue weighted by atomic mass is 10.1. The Bertz CT molecular complexity index is 590. The van der Waals surface area contributed by atoms with E-state index in [2.05, 4.69) is 9.97 Å². The van der Waals surface area contributed by atoms with Crippen LogP contribution in [0.4, 0.5) is 4.39 Å². The summed E-state index contributed by atoms with van der Waals surface area (Å²) in [5.41, 5.74) is 2.39. The molecule has 19 heavy (non-hydrogen) atoms. The first kappa shape index (κ1) is 13.3. The van der Waals surface area contributed by atoms with Crippen LogP contribution in [-0.4, -0.2) is 21.0 Å². The van der Waals surface area contributed by atoms with Gasteiger partial charge in [-0.05, 0) is 31.2 Å². The summed E-state index contributed by atoms with van der Waals surface area (Å²) in [6.45, 7) is 3.50. The lowest BCUT2D eigenvalue weighted by Gasteiger charge is -2.01. The molecule has 0 spiro atoms. The minimum atomic E-state index is -0.850. The first-order chi connectivity index (χ1) is 8.97. The number of H-pyrrole nitrogens is 1. The molecule has 1 unspecified atom stereocenters. The highest BCUT2D eigenvalue weighted by Crippen LogP contribution is 2.22. The molecule has 0 amide bonds. The standard InChI is InChI=1S/C14H15FN2O2/c1-8(14(18)19)7-12-16-9(2)13(17-12)10-3-5-11(15)6-4-10/h3-6,8H,7H2,1-2H3,(H,16,17)(H,18,19). The van der Waals surface area contributed by atoms with Crippen LogP contribution in [0.1, 0.15) is 18.4 Å². The number of carbonyl (C=O) groups is 1. The van der Waals surface area contributed by atoms with Crippen LogP contribution < -0.4 is 0 Å². The van der Waals surface area contributed by atoms with Crippen molar-refractivity contribution in [2.24, 2.45) is 5.92 Å². The van der Waals surface area contributed by atoms with Gasteiger partial charge in [0.05, 0.1) is 11.6 Å². The van der Waals surface area contributed by atoms with Crippen molar-refractivity contribution >= 4 is 5.97 Å². The third-order valence-electron chi connectivity index (χ3n) is 2.97. The molecule has 2 N–H and O–H groups in total. The van der Waals surface area contributed by atoms with Gasteiger partial charge < -0.3 is 10.1 Å². The molecule has 4 nitrogen and oxygen atoms in total. The third kappa shape index (κ3) is 2.99. The van der Waals surface area contributed by atoms with Crippen molar-refractivity contribution in [3.63, 3.8) is 0 Å². The maximum Gasteiger partial charge on any atom is 0.306 e. The Morgan fingerprint density at radius 2 is 2.05 bits per heavy atom. The lowest BCUT2D eigenvalue weighted by Crippen LogP contribution is -2.13. The van der Waals surface area contributed by atoms with E-state index in [9.17, 15) is 9.18 Å². The average molecular weight is 262 g/mol. The second kappa shape index (κ2) is 5.22. The zero-order valence-electron chi connectivity index (χ0n) is 10.8. The van der Waals surface area contributed by atoms with E-state index in [4.69, 9.17) is 5.11 Å². The van der Waals surface area contributed by atoms with Crippen LogP contribution in [0, 0.1) is 18.7 Å². The van der Waals surface area contributed by atoms with Crippen molar-refractivity contribution in [3.8, 4) is 11.3 Å². The summed E-state index contributed by atoms with van der Waals surface area (Å²) in [6.07, 6.45) is 0.345. The van der Waals surface area contributed by atoms with Gasteiger partial charge in [-0.3, -0.25) is 4.79 Å². The smallest absolute Gasteiger partial charge is 0.306 e. The Labute approximate surface area is 110 Å². The van der Waals surface area contributed by atoms with Gasteiger partial charge in [-0.1, -0.05) is 6.92 Å². The Morgan fingerprint density at radius 1 is 1.42 bits per heavy atom. The molecule has 2 aromatic rings. The molecule has 0 radical (unpaired) electrons. The highest BCUT2D eigenvalue weighted by Gasteiger charge is 2.16. The summed E-state index contributed by atoms with van der Waals surface area (Å²) < 4.78 is 12.9. The van der Waals surface area contributed by atoms with Crippen LogP contribution in [-0.2, 0) is 11.2 Å². The first-order valence-corrected chi connectivity index (χ1v) is 6.01. The van der Waals surface area contributed by atoms with Crippen LogP contribution in [0.5, 0.6) is 0 Å². The molecule has 0 aliphatic carbocycles. The Kier molecular flexibility index (Phi) is 3.64. The Hall–Kier alpha value is -2.17. The van der Waals surface area contributed by atoms with E-state index in [0.717, 1.165) is 17.0 Å². The molecular formula is C14H15FN2O2. The van der Waals surface area contributed by atoms with Crippen molar-refractivity contribution in [1.29, 1.82) is 0 Å². The fourth-order valence-electron chi connectivity index (χ4n) is 1.89. The molecule has 1 atom stereocenters. The van der Waals surface area contributed by atoms with Crippen LogP contribution in [0.15, 0.2) is 24.3 Å². The van der Waals surface area contributed by atoms with Gasteiger partial charge >= 0.3 is 5.97 Å². The summed E-state index contributed by atoms with van der Waals surface area (Å²) in [5, 5.41) is 8.88. The number of carboxylic acids is 1. The highest BCUT2D eigenvalue weighted by molar-refractivity contribution is 5.70. The monoisotopic (exact) mass is 262 g/mol. The predicted octanol–water partition coefficient (Wildman–Crippen LogP) is 2.79. The van der Waals surface area contributed by atoms with Gasteiger partial charge in [0.2, 0.25) is 0 Å². The highest BCUT2D eigenvalue weighted by atomic mass is 19.1. The van der Waals surface area contributed by atoms with Crippen molar-refractivity contribution in [3.05, 3.63) is 41.6 Å². The molecule has 0 saturated heterocycles. The van der Waals surface area contributed by atoms with Gasteiger partial charge in [-0.25, -0.2) is 9.37 Å².